The number of hydrogen-bond donors (Lipinski definition) is 0. The number of aryl methyl sites for hydroxylation is 2. The molecule has 2 aromatic rings. The van der Waals surface area contributed by atoms with Crippen LogP contribution in [-0.4, -0.2) is 25.2 Å². The van der Waals surface area contributed by atoms with Crippen LogP contribution in [0.3, 0.4) is 0 Å². The van der Waals surface area contributed by atoms with Crippen molar-refractivity contribution in [3.8, 4) is 5.75 Å². The largest absolute Gasteiger partial charge is 1.00 e. The van der Waals surface area contributed by atoms with E-state index in [9.17, 15) is 27.5 Å². The van der Waals surface area contributed by atoms with E-state index in [2.05, 4.69) is 0 Å². The summed E-state index contributed by atoms with van der Waals surface area (Å²) in [4.78, 5) is 12.2. The van der Waals surface area contributed by atoms with Crippen LogP contribution in [0, 0.1) is 5.82 Å². The van der Waals surface area contributed by atoms with Gasteiger partial charge in [-0.05, 0) is 54.5 Å². The number of aliphatic carboxylic acids is 1. The molecule has 1 aliphatic heterocycles. The Balaban J connectivity index is 0.00000341. The fourth-order valence-corrected chi connectivity index (χ4v) is 3.58. The molecule has 0 amide bonds. The zero-order valence-electron chi connectivity index (χ0n) is 17.3. The normalized spacial score (nSPS) is 13.4. The van der Waals surface area contributed by atoms with Crippen LogP contribution in [0.1, 0.15) is 36.0 Å². The van der Waals surface area contributed by atoms with Crippen molar-refractivity contribution in [2.75, 3.05) is 18.0 Å². The first-order chi connectivity index (χ1) is 14.2. The Bertz CT molecular complexity index is 905. The Hall–Kier alpha value is -1.77. The van der Waals surface area contributed by atoms with Crippen molar-refractivity contribution in [2.45, 2.75) is 44.9 Å². The minimum atomic E-state index is -4.23. The van der Waals surface area contributed by atoms with Gasteiger partial charge in [-0.15, -0.1) is 0 Å². The molecule has 0 bridgehead atoms. The molecular formula is C22H22F4NNaO3. The van der Waals surface area contributed by atoms with Gasteiger partial charge in [0.15, 0.2) is 0 Å². The molecule has 1 aliphatic rings. The molecule has 4 nitrogen and oxygen atoms in total. The first-order valence-corrected chi connectivity index (χ1v) is 9.76. The molecule has 9 heteroatoms. The fraction of sp³-hybridized carbons (Fsp3) is 0.409. The van der Waals surface area contributed by atoms with Gasteiger partial charge in [0, 0.05) is 19.1 Å². The van der Waals surface area contributed by atoms with Crippen molar-refractivity contribution in [2.24, 2.45) is 0 Å². The maximum absolute atomic E-state index is 14.2. The van der Waals surface area contributed by atoms with E-state index in [0.717, 1.165) is 18.4 Å². The van der Waals surface area contributed by atoms with Gasteiger partial charge < -0.3 is 19.5 Å². The number of ether oxygens (including phenoxy) is 1. The van der Waals surface area contributed by atoms with Crippen LogP contribution in [0.25, 0.3) is 0 Å². The SMILES string of the molecule is O=C([O-])CCc1ccc(COc2cccc3c2N(CCC(F)(F)F)CCC3)cc1F.[Na+]. The van der Waals surface area contributed by atoms with Gasteiger partial charge in [-0.3, -0.25) is 0 Å². The molecule has 162 valence electrons. The van der Waals surface area contributed by atoms with Crippen LogP contribution >= 0.6 is 0 Å². The molecule has 3 rings (SSSR count). The summed E-state index contributed by atoms with van der Waals surface area (Å²) in [6.07, 6.45) is -3.83. The first-order valence-electron chi connectivity index (χ1n) is 9.76. The van der Waals surface area contributed by atoms with Gasteiger partial charge in [0.05, 0.1) is 12.1 Å². The second-order valence-corrected chi connectivity index (χ2v) is 7.31. The van der Waals surface area contributed by atoms with Crippen molar-refractivity contribution in [1.82, 2.24) is 0 Å². The Kier molecular flexibility index (Phi) is 9.21. The summed E-state index contributed by atoms with van der Waals surface area (Å²) in [5.41, 5.74) is 2.42. The molecule has 0 aliphatic carbocycles. The van der Waals surface area contributed by atoms with E-state index in [1.807, 2.05) is 6.07 Å². The van der Waals surface area contributed by atoms with Gasteiger partial charge in [-0.1, -0.05) is 24.3 Å². The van der Waals surface area contributed by atoms with Crippen molar-refractivity contribution in [3.05, 3.63) is 58.9 Å². The van der Waals surface area contributed by atoms with Crippen molar-refractivity contribution < 1.29 is 61.8 Å². The second-order valence-electron chi connectivity index (χ2n) is 7.31. The zero-order valence-corrected chi connectivity index (χ0v) is 19.3. The standard InChI is InChI=1S/C22H23F4NO3.Na/c23-18-13-15(6-7-16(18)8-9-20(28)29)14-30-19-5-1-3-17-4-2-11-27(21(17)19)12-10-22(24,25)26;/h1,3,5-7,13H,2,4,8-12,14H2,(H,28,29);/q;+1/p-1. The first kappa shape index (κ1) is 25.5. The number of anilines is 1. The predicted octanol–water partition coefficient (Wildman–Crippen LogP) is 0.796. The number of hydrogen-bond acceptors (Lipinski definition) is 4. The van der Waals surface area contributed by atoms with Crippen molar-refractivity contribution in [1.29, 1.82) is 0 Å². The van der Waals surface area contributed by atoms with E-state index in [1.165, 1.54) is 12.1 Å². The van der Waals surface area contributed by atoms with Crippen LogP contribution in [0.5, 0.6) is 5.75 Å². The van der Waals surface area contributed by atoms with Gasteiger partial charge in [-0.2, -0.15) is 13.2 Å². The van der Waals surface area contributed by atoms with E-state index >= 15 is 0 Å². The minimum Gasteiger partial charge on any atom is -0.550 e. The number of halogens is 4. The van der Waals surface area contributed by atoms with Crippen LogP contribution in [0.4, 0.5) is 23.2 Å². The van der Waals surface area contributed by atoms with Gasteiger partial charge in [-0.25, -0.2) is 4.39 Å². The minimum absolute atomic E-state index is 0. The van der Waals surface area contributed by atoms with Gasteiger partial charge in [0.2, 0.25) is 0 Å². The molecule has 1 heterocycles. The number of alkyl halides is 3. The molecule has 0 N–H and O–H groups in total. The smallest absolute Gasteiger partial charge is 0.550 e. The van der Waals surface area contributed by atoms with Gasteiger partial charge >= 0.3 is 35.7 Å². The summed E-state index contributed by atoms with van der Waals surface area (Å²) in [6.45, 7) is 0.422. The topological polar surface area (TPSA) is 52.6 Å². The monoisotopic (exact) mass is 447 g/mol. The van der Waals surface area contributed by atoms with E-state index in [4.69, 9.17) is 4.74 Å². The number of rotatable bonds is 8. The summed E-state index contributed by atoms with van der Waals surface area (Å²) in [5.74, 6) is -1.30. The Morgan fingerprint density at radius 3 is 2.65 bits per heavy atom. The molecule has 0 fully saturated rings. The molecule has 0 saturated heterocycles. The Labute approximate surface area is 200 Å². The maximum Gasteiger partial charge on any atom is 1.00 e. The number of nitrogens with zero attached hydrogens (tertiary/aromatic N) is 1. The number of carbonyl (C=O) groups is 1. The van der Waals surface area contributed by atoms with Crippen LogP contribution in [0.2, 0.25) is 0 Å². The van der Waals surface area contributed by atoms with Gasteiger partial charge in [0.25, 0.3) is 0 Å². The third-order valence-corrected chi connectivity index (χ3v) is 5.05. The van der Waals surface area contributed by atoms with Gasteiger partial charge in [0.1, 0.15) is 18.2 Å². The van der Waals surface area contributed by atoms with Crippen LogP contribution < -0.4 is 44.3 Å². The third kappa shape index (κ3) is 7.40. The maximum atomic E-state index is 14.2. The average Bonchev–Trinajstić information content (AvgIpc) is 2.69. The number of carbonyl (C=O) groups excluding carboxylic acids is 1. The molecule has 2 aromatic carbocycles. The third-order valence-electron chi connectivity index (χ3n) is 5.05. The van der Waals surface area contributed by atoms with E-state index < -0.39 is 24.4 Å². The Morgan fingerprint density at radius 2 is 1.97 bits per heavy atom. The van der Waals surface area contributed by atoms with Crippen molar-refractivity contribution in [3.63, 3.8) is 0 Å². The van der Waals surface area contributed by atoms with E-state index in [0.29, 0.717) is 23.5 Å². The van der Waals surface area contributed by atoms with E-state index in [1.54, 1.807) is 23.1 Å². The molecule has 0 spiro atoms. The molecule has 0 atom stereocenters. The molecule has 0 saturated carbocycles. The summed E-state index contributed by atoms with van der Waals surface area (Å²) in [7, 11) is 0. The van der Waals surface area contributed by atoms with Crippen LogP contribution in [-0.2, 0) is 24.2 Å². The molecule has 31 heavy (non-hydrogen) atoms. The summed E-state index contributed by atoms with van der Waals surface area (Å²) in [6, 6.07) is 9.81. The average molecular weight is 447 g/mol. The summed E-state index contributed by atoms with van der Waals surface area (Å²) in [5, 5.41) is 10.5. The summed E-state index contributed by atoms with van der Waals surface area (Å²) >= 11 is 0. The number of carboxylic acid groups (broad SMARTS) is 1. The number of carboxylic acids is 1. The zero-order chi connectivity index (χ0) is 21.7. The molecule has 0 unspecified atom stereocenters. The number of para-hydroxylation sites is 1. The van der Waals surface area contributed by atoms with Crippen LogP contribution in [0.15, 0.2) is 36.4 Å². The number of fused-ring (bicyclic) bond motifs is 1. The van der Waals surface area contributed by atoms with E-state index in [-0.39, 0.29) is 61.1 Å². The molecule has 0 aromatic heterocycles. The fourth-order valence-electron chi connectivity index (χ4n) is 3.58. The Morgan fingerprint density at radius 1 is 1.19 bits per heavy atom. The second kappa shape index (κ2) is 11.2. The molecule has 0 radical (unpaired) electrons. The predicted molar refractivity (Wildman–Crippen MR) is 102 cm³/mol. The van der Waals surface area contributed by atoms with Crippen molar-refractivity contribution >= 4 is 11.7 Å². The summed E-state index contributed by atoms with van der Waals surface area (Å²) < 4.78 is 58.1. The number of benzene rings is 2. The quantitative estimate of drug-likeness (QED) is 0.444. The molecular weight excluding hydrogens is 425 g/mol.